The van der Waals surface area contributed by atoms with E-state index in [4.69, 9.17) is 11.6 Å². The average molecular weight is 309 g/mol. The number of benzene rings is 1. The standard InChI is InChI=1S/C16H21ClN2S/c1-4-11(2)18-10-15-12(3)19-16(20-15)9-13-5-7-14(17)8-6-13/h5-8,11,18H,4,9-10H2,1-3H3. The Kier molecular flexibility index (Phi) is 5.58. The van der Waals surface area contributed by atoms with E-state index in [1.165, 1.54) is 15.4 Å². The highest BCUT2D eigenvalue weighted by atomic mass is 35.5. The van der Waals surface area contributed by atoms with Crippen LogP contribution in [0.5, 0.6) is 0 Å². The minimum absolute atomic E-state index is 0.552. The molecule has 0 saturated heterocycles. The summed E-state index contributed by atoms with van der Waals surface area (Å²) in [6.07, 6.45) is 2.03. The Hall–Kier alpha value is -0.900. The quantitative estimate of drug-likeness (QED) is 0.844. The average Bonchev–Trinajstić information content (AvgIpc) is 2.78. The Labute approximate surface area is 130 Å². The van der Waals surface area contributed by atoms with Crippen molar-refractivity contribution in [2.24, 2.45) is 0 Å². The summed E-state index contributed by atoms with van der Waals surface area (Å²) in [6.45, 7) is 7.42. The predicted octanol–water partition coefficient (Wildman–Crippen LogP) is 4.58. The van der Waals surface area contributed by atoms with Gasteiger partial charge in [-0.3, -0.25) is 0 Å². The Bertz CT molecular complexity index is 548. The minimum Gasteiger partial charge on any atom is -0.309 e. The first-order valence-corrected chi connectivity index (χ1v) is 8.21. The third-order valence-electron chi connectivity index (χ3n) is 3.43. The fourth-order valence-electron chi connectivity index (χ4n) is 1.92. The summed E-state index contributed by atoms with van der Waals surface area (Å²) in [5.41, 5.74) is 2.40. The topological polar surface area (TPSA) is 24.9 Å². The molecule has 1 heterocycles. The van der Waals surface area contributed by atoms with E-state index >= 15 is 0 Å². The van der Waals surface area contributed by atoms with E-state index in [-0.39, 0.29) is 0 Å². The number of nitrogens with zero attached hydrogens (tertiary/aromatic N) is 1. The molecule has 2 nitrogen and oxygen atoms in total. The van der Waals surface area contributed by atoms with Crippen molar-refractivity contribution >= 4 is 22.9 Å². The zero-order valence-corrected chi connectivity index (χ0v) is 13.8. The van der Waals surface area contributed by atoms with Crippen LogP contribution in [0, 0.1) is 6.92 Å². The van der Waals surface area contributed by atoms with Gasteiger partial charge >= 0.3 is 0 Å². The molecule has 1 aromatic heterocycles. The molecular formula is C16H21ClN2S. The van der Waals surface area contributed by atoms with Crippen LogP contribution in [0.15, 0.2) is 24.3 Å². The lowest BCUT2D eigenvalue weighted by Gasteiger charge is -2.09. The van der Waals surface area contributed by atoms with Crippen molar-refractivity contribution in [3.8, 4) is 0 Å². The Morgan fingerprint density at radius 2 is 2.00 bits per heavy atom. The first-order valence-electron chi connectivity index (χ1n) is 7.01. The maximum absolute atomic E-state index is 5.91. The summed E-state index contributed by atoms with van der Waals surface area (Å²) in [6, 6.07) is 8.55. The summed E-state index contributed by atoms with van der Waals surface area (Å²) in [5, 5.41) is 5.48. The highest BCUT2D eigenvalue weighted by Gasteiger charge is 2.09. The molecule has 0 aliphatic rings. The van der Waals surface area contributed by atoms with Crippen LogP contribution >= 0.6 is 22.9 Å². The normalized spacial score (nSPS) is 12.6. The summed E-state index contributed by atoms with van der Waals surface area (Å²) >= 11 is 7.71. The van der Waals surface area contributed by atoms with Crippen molar-refractivity contribution in [3.63, 3.8) is 0 Å². The lowest BCUT2D eigenvalue weighted by molar-refractivity contribution is 0.536. The monoisotopic (exact) mass is 308 g/mol. The smallest absolute Gasteiger partial charge is 0.0975 e. The lowest BCUT2D eigenvalue weighted by atomic mass is 10.2. The van der Waals surface area contributed by atoms with Gasteiger partial charge in [0.05, 0.1) is 10.7 Å². The molecule has 1 aromatic carbocycles. The maximum atomic E-state index is 5.91. The fourth-order valence-corrected chi connectivity index (χ4v) is 3.10. The molecule has 1 N–H and O–H groups in total. The van der Waals surface area contributed by atoms with E-state index in [1.807, 2.05) is 12.1 Å². The molecule has 1 unspecified atom stereocenters. The zero-order chi connectivity index (χ0) is 14.5. The number of hydrogen-bond donors (Lipinski definition) is 1. The van der Waals surface area contributed by atoms with Gasteiger partial charge in [-0.25, -0.2) is 4.98 Å². The first kappa shape index (κ1) is 15.5. The molecule has 0 radical (unpaired) electrons. The van der Waals surface area contributed by atoms with Gasteiger partial charge in [-0.2, -0.15) is 0 Å². The zero-order valence-electron chi connectivity index (χ0n) is 12.2. The summed E-state index contributed by atoms with van der Waals surface area (Å²) < 4.78 is 0. The molecule has 0 bridgehead atoms. The number of aryl methyl sites for hydroxylation is 1. The third kappa shape index (κ3) is 4.30. The van der Waals surface area contributed by atoms with Crippen LogP contribution in [0.3, 0.4) is 0 Å². The van der Waals surface area contributed by atoms with Gasteiger partial charge in [0.25, 0.3) is 0 Å². The molecule has 108 valence electrons. The molecule has 20 heavy (non-hydrogen) atoms. The lowest BCUT2D eigenvalue weighted by Crippen LogP contribution is -2.24. The Morgan fingerprint density at radius 3 is 2.65 bits per heavy atom. The van der Waals surface area contributed by atoms with Gasteiger partial charge in [-0.05, 0) is 38.0 Å². The predicted molar refractivity (Wildman–Crippen MR) is 87.7 cm³/mol. The number of hydrogen-bond acceptors (Lipinski definition) is 3. The van der Waals surface area contributed by atoms with Crippen LogP contribution in [0.25, 0.3) is 0 Å². The van der Waals surface area contributed by atoms with Gasteiger partial charge in [0, 0.05) is 28.9 Å². The van der Waals surface area contributed by atoms with Gasteiger partial charge in [0.15, 0.2) is 0 Å². The van der Waals surface area contributed by atoms with Crippen molar-refractivity contribution in [2.45, 2.75) is 46.2 Å². The molecule has 0 fully saturated rings. The van der Waals surface area contributed by atoms with Crippen molar-refractivity contribution in [1.82, 2.24) is 10.3 Å². The van der Waals surface area contributed by atoms with Gasteiger partial charge < -0.3 is 5.32 Å². The summed E-state index contributed by atoms with van der Waals surface area (Å²) in [4.78, 5) is 6.02. The number of halogens is 1. The molecule has 0 saturated carbocycles. The molecule has 0 amide bonds. The van der Waals surface area contributed by atoms with E-state index in [2.05, 4.69) is 43.2 Å². The van der Waals surface area contributed by atoms with Crippen molar-refractivity contribution in [3.05, 3.63) is 50.4 Å². The maximum Gasteiger partial charge on any atom is 0.0975 e. The highest BCUT2D eigenvalue weighted by molar-refractivity contribution is 7.11. The molecule has 1 atom stereocenters. The van der Waals surface area contributed by atoms with Crippen LogP contribution in [0.1, 0.15) is 41.4 Å². The second-order valence-electron chi connectivity index (χ2n) is 5.11. The first-order chi connectivity index (χ1) is 9.58. The van der Waals surface area contributed by atoms with E-state index in [9.17, 15) is 0 Å². The number of thiazole rings is 1. The molecule has 2 aromatic rings. The van der Waals surface area contributed by atoms with Crippen LogP contribution in [-0.2, 0) is 13.0 Å². The largest absolute Gasteiger partial charge is 0.309 e. The number of aromatic nitrogens is 1. The van der Waals surface area contributed by atoms with Gasteiger partial charge in [0.2, 0.25) is 0 Å². The van der Waals surface area contributed by atoms with Crippen molar-refractivity contribution < 1.29 is 0 Å². The summed E-state index contributed by atoms with van der Waals surface area (Å²) in [5.74, 6) is 0. The van der Waals surface area contributed by atoms with Crippen LogP contribution < -0.4 is 5.32 Å². The second kappa shape index (κ2) is 7.21. The molecule has 4 heteroatoms. The van der Waals surface area contributed by atoms with E-state index < -0.39 is 0 Å². The van der Waals surface area contributed by atoms with E-state index in [0.29, 0.717) is 6.04 Å². The highest BCUT2D eigenvalue weighted by Crippen LogP contribution is 2.21. The van der Waals surface area contributed by atoms with Gasteiger partial charge in [-0.1, -0.05) is 30.7 Å². The van der Waals surface area contributed by atoms with Gasteiger partial charge in [0.1, 0.15) is 0 Å². The fraction of sp³-hybridized carbons (Fsp3) is 0.438. The third-order valence-corrected chi connectivity index (χ3v) is 4.84. The van der Waals surface area contributed by atoms with Crippen LogP contribution in [0.2, 0.25) is 5.02 Å². The van der Waals surface area contributed by atoms with Crippen molar-refractivity contribution in [1.29, 1.82) is 0 Å². The Balaban J connectivity index is 2.01. The van der Waals surface area contributed by atoms with Crippen molar-refractivity contribution in [2.75, 3.05) is 0 Å². The van der Waals surface area contributed by atoms with E-state index in [0.717, 1.165) is 30.1 Å². The number of nitrogens with one attached hydrogen (secondary N) is 1. The van der Waals surface area contributed by atoms with Gasteiger partial charge in [-0.15, -0.1) is 11.3 Å². The SMILES string of the molecule is CCC(C)NCc1sc(Cc2ccc(Cl)cc2)nc1C. The summed E-state index contributed by atoms with van der Waals surface area (Å²) in [7, 11) is 0. The number of rotatable bonds is 6. The Morgan fingerprint density at radius 1 is 1.30 bits per heavy atom. The molecule has 0 aliphatic carbocycles. The minimum atomic E-state index is 0.552. The molecule has 2 rings (SSSR count). The van der Waals surface area contributed by atoms with Crippen LogP contribution in [-0.4, -0.2) is 11.0 Å². The molecule has 0 spiro atoms. The molecule has 0 aliphatic heterocycles. The van der Waals surface area contributed by atoms with E-state index in [1.54, 1.807) is 11.3 Å². The van der Waals surface area contributed by atoms with Crippen LogP contribution in [0.4, 0.5) is 0 Å². The molecular weight excluding hydrogens is 288 g/mol. The second-order valence-corrected chi connectivity index (χ2v) is 6.71.